The summed E-state index contributed by atoms with van der Waals surface area (Å²) in [5.74, 6) is 6.68. The number of fused-ring (bicyclic) bond motifs is 17. The molecule has 12 aliphatic rings. The Morgan fingerprint density at radius 2 is 0.731 bits per heavy atom. The first kappa shape index (κ1) is 79.5. The summed E-state index contributed by atoms with van der Waals surface area (Å²) in [7, 11) is 0. The van der Waals surface area contributed by atoms with Crippen molar-refractivity contribution in [2.45, 2.75) is 200 Å². The molecule has 5 heterocycles. The molecule has 6 saturated carbocycles. The van der Waals surface area contributed by atoms with Crippen LogP contribution in [0.4, 0.5) is 56.9 Å². The smallest absolute Gasteiger partial charge is 0.256 e. The number of anilines is 10. The molecule has 642 valence electrons. The van der Waals surface area contributed by atoms with E-state index in [0.717, 1.165) is 28.6 Å². The first-order chi connectivity index (χ1) is 64.5. The molecular weight excluding hydrogens is 1590 g/mol. The maximum absolute atomic E-state index is 7.86. The van der Waals surface area contributed by atoms with E-state index in [1.165, 1.54) is 311 Å². The average Bonchev–Trinajstić information content (AvgIpc) is 0.833. The van der Waals surface area contributed by atoms with Gasteiger partial charge in [-0.25, -0.2) is 0 Å². The van der Waals surface area contributed by atoms with Gasteiger partial charge in [0.25, 0.3) is 13.4 Å². The Hall–Kier alpha value is -11.4. The van der Waals surface area contributed by atoms with Crippen molar-refractivity contribution < 1.29 is 4.74 Å². The highest BCUT2D eigenvalue weighted by atomic mass is 32.2. The molecule has 7 aliphatic carbocycles. The minimum Gasteiger partial charge on any atom is -0.458 e. The molecule has 0 bridgehead atoms. The number of para-hydroxylation sites is 4. The van der Waals surface area contributed by atoms with Crippen LogP contribution in [0.1, 0.15) is 212 Å². The molecule has 130 heavy (non-hydrogen) atoms. The molecule has 8 heteroatoms. The maximum Gasteiger partial charge on any atom is 0.256 e. The third kappa shape index (κ3) is 13.0. The van der Waals surface area contributed by atoms with Gasteiger partial charge in [0.1, 0.15) is 11.5 Å². The molecule has 0 saturated heterocycles. The van der Waals surface area contributed by atoms with Crippen molar-refractivity contribution in [2.75, 3.05) is 19.6 Å². The molecule has 4 atom stereocenters. The summed E-state index contributed by atoms with van der Waals surface area (Å²) in [6.07, 6.45) is 34.5. The summed E-state index contributed by atoms with van der Waals surface area (Å²) in [6.45, 7) is -0.228. The number of hydrogen-bond acceptors (Lipinski definition) is 6. The second kappa shape index (κ2) is 33.1. The lowest BCUT2D eigenvalue weighted by Crippen LogP contribution is -2.65. The Bertz CT molecular complexity index is 6480. The summed E-state index contributed by atoms with van der Waals surface area (Å²) >= 11 is 2.14. The van der Waals surface area contributed by atoms with Crippen LogP contribution < -0.4 is 57.1 Å². The molecule has 1 spiro atoms. The Balaban J connectivity index is 0.769. The molecule has 4 unspecified atom stereocenters. The van der Waals surface area contributed by atoms with Gasteiger partial charge in [-0.2, -0.15) is 0 Å². The van der Waals surface area contributed by atoms with Gasteiger partial charge in [0.15, 0.2) is 0 Å². The minimum atomic E-state index is -0.735. The second-order valence-electron chi connectivity index (χ2n) is 41.0. The van der Waals surface area contributed by atoms with E-state index in [2.05, 4.69) is 353 Å². The van der Waals surface area contributed by atoms with Gasteiger partial charge in [-0.3, -0.25) is 0 Å². The zero-order valence-electron chi connectivity index (χ0n) is 75.1. The van der Waals surface area contributed by atoms with Crippen molar-refractivity contribution >= 4 is 115 Å². The van der Waals surface area contributed by atoms with Crippen LogP contribution in [0.3, 0.4) is 0 Å². The van der Waals surface area contributed by atoms with Crippen molar-refractivity contribution in [3.05, 3.63) is 360 Å². The average molecular weight is 1710 g/mol. The minimum absolute atomic E-state index is 0.0254. The fourth-order valence-corrected chi connectivity index (χ4v) is 30.5. The van der Waals surface area contributed by atoms with Crippen molar-refractivity contribution in [3.8, 4) is 33.8 Å². The summed E-state index contributed by atoms with van der Waals surface area (Å²) in [5, 5.41) is 0. The number of hydrogen-bond donors (Lipinski definition) is 0. The largest absolute Gasteiger partial charge is 0.458 e. The molecule has 26 rings (SSSR count). The molecular formula is C122H116B2N4OS. The van der Waals surface area contributed by atoms with Crippen LogP contribution in [-0.2, 0) is 5.41 Å². The van der Waals surface area contributed by atoms with Crippen LogP contribution in [0.25, 0.3) is 22.3 Å². The van der Waals surface area contributed by atoms with Crippen LogP contribution in [0.2, 0.25) is 0 Å². The van der Waals surface area contributed by atoms with Gasteiger partial charge in [-0.05, 0) is 246 Å². The lowest BCUT2D eigenvalue weighted by Gasteiger charge is -2.55. The van der Waals surface area contributed by atoms with Crippen molar-refractivity contribution in [1.82, 2.24) is 0 Å². The highest BCUT2D eigenvalue weighted by Gasteiger charge is 2.58. The van der Waals surface area contributed by atoms with E-state index in [9.17, 15) is 0 Å². The lowest BCUT2D eigenvalue weighted by atomic mass is 9.33. The molecule has 0 radical (unpaired) electrons. The van der Waals surface area contributed by atoms with Gasteiger partial charge >= 0.3 is 0 Å². The Labute approximate surface area is 775 Å². The topological polar surface area (TPSA) is 22.2 Å². The molecule has 0 aromatic heterocycles. The fraction of sp³-hybridized carbons (Fsp3) is 0.311. The Morgan fingerprint density at radius 3 is 1.28 bits per heavy atom. The highest BCUT2D eigenvalue weighted by molar-refractivity contribution is 7.99. The first-order valence-electron chi connectivity index (χ1n) is 50.5. The zero-order valence-corrected chi connectivity index (χ0v) is 75.9. The fourth-order valence-electron chi connectivity index (χ4n) is 29.3. The number of rotatable bonds is 14. The monoisotopic (exact) mass is 1710 g/mol. The molecule has 0 N–H and O–H groups in total. The zero-order chi connectivity index (χ0) is 85.5. The van der Waals surface area contributed by atoms with Crippen LogP contribution in [0.15, 0.2) is 331 Å². The summed E-state index contributed by atoms with van der Waals surface area (Å²) < 4.78 is 7.86. The Morgan fingerprint density at radius 1 is 0.292 bits per heavy atom. The van der Waals surface area contributed by atoms with E-state index in [0.29, 0.717) is 53.4 Å². The quantitative estimate of drug-likeness (QED) is 0.0794. The molecule has 14 aromatic carbocycles. The van der Waals surface area contributed by atoms with E-state index in [4.69, 9.17) is 4.74 Å². The molecule has 5 aliphatic heterocycles. The van der Waals surface area contributed by atoms with E-state index in [-0.39, 0.29) is 25.4 Å². The van der Waals surface area contributed by atoms with E-state index in [1.807, 2.05) is 0 Å². The normalized spacial score (nSPS) is 21.8. The van der Waals surface area contributed by atoms with E-state index in [1.54, 1.807) is 0 Å². The summed E-state index contributed by atoms with van der Waals surface area (Å²) in [6, 6.07) is 128. The molecule has 0 amide bonds. The summed E-state index contributed by atoms with van der Waals surface area (Å²) in [5.41, 5.74) is 35.2. The van der Waals surface area contributed by atoms with E-state index >= 15 is 0 Å². The maximum atomic E-state index is 7.86. The van der Waals surface area contributed by atoms with Gasteiger partial charge in [0.2, 0.25) is 0 Å². The molecule has 5 nitrogen and oxygen atoms in total. The van der Waals surface area contributed by atoms with Crippen LogP contribution in [0.5, 0.6) is 11.5 Å². The lowest BCUT2D eigenvalue weighted by molar-refractivity contribution is 0.0839. The van der Waals surface area contributed by atoms with Crippen molar-refractivity contribution in [2.24, 2.45) is 47.3 Å². The molecule has 14 aromatic rings. The van der Waals surface area contributed by atoms with Gasteiger partial charge in [0, 0.05) is 85.0 Å². The number of benzene rings is 14. The van der Waals surface area contributed by atoms with Crippen molar-refractivity contribution in [3.63, 3.8) is 0 Å². The summed E-state index contributed by atoms with van der Waals surface area (Å²) in [4.78, 5) is 14.5. The van der Waals surface area contributed by atoms with Gasteiger partial charge in [0.05, 0.1) is 11.1 Å². The van der Waals surface area contributed by atoms with Crippen LogP contribution >= 0.6 is 11.8 Å². The second-order valence-corrected chi connectivity index (χ2v) is 42.1. The van der Waals surface area contributed by atoms with E-state index < -0.39 is 5.41 Å². The van der Waals surface area contributed by atoms with Gasteiger partial charge in [-0.15, -0.1) is 0 Å². The predicted octanol–water partition coefficient (Wildman–Crippen LogP) is 28.5. The van der Waals surface area contributed by atoms with Crippen molar-refractivity contribution in [1.29, 1.82) is 0 Å². The third-order valence-electron chi connectivity index (χ3n) is 34.5. The van der Waals surface area contributed by atoms with Crippen LogP contribution in [0, 0.1) is 47.3 Å². The van der Waals surface area contributed by atoms with Gasteiger partial charge in [-0.1, -0.05) is 390 Å². The van der Waals surface area contributed by atoms with Crippen LogP contribution in [-0.4, -0.2) is 25.5 Å². The predicted molar refractivity (Wildman–Crippen MR) is 545 cm³/mol. The first-order valence-corrected chi connectivity index (χ1v) is 51.4. The third-order valence-corrected chi connectivity index (χ3v) is 35.7. The molecule has 6 fully saturated rings. The standard InChI is InChI=1S/C122H116B2N4OS/c1-10-39-80(40-11-1)87-53-36-58-91(71-87)125(89-54-24-8-25-55-89)92-74-112-119-114(75-92)129-113-70-35-33-68-104(113)124(119)106-77-102-116(79-109(106)128(112)121-95(83-45-16-4-17-46-83)63-38-64-96(121)84-47-18-5-19-48-84)130-115-78-108-105(76-101(115)122(102)99-65-30-28-59-97(99)98-60-29-31-66-100(98)122)123-103-67-32-34-69-107(103)126(90-56-26-9-27-57-90)110-72-88(117(85-49-20-6-21-50-85)86-51-22-7-23-52-86)73-111(118(110)123)127(108)120-93(81-41-12-2-13-42-81)61-37-62-94(120)82-43-14-3-15-44-82/h1,6-11,20-36,39-40,49-60,65-79,81-84,93-96,117,120-121H,2-5,12-19,37-38,41-48,61-64H2. The number of ether oxygens (including phenoxy) is 1. The number of nitrogens with zero attached hydrogens (tertiary/aromatic N) is 4. The SMILES string of the molecule is c1ccc(-c2cccc(N(c3ccccc3)c3cc4c5c(c3)N(C3C(C6CCCCC6)CCCC3C3CCCCC3)c3cc6c(cc3B5c3ccccc3O4)C3(c4cc5c(cc4S6)N(C4C(C6CCCCC6)CCCC4C4CCCCC4)c4cc(C(c6ccccc6)c6ccccc6)cc6c4B5c4ccccc4N6c4ccccc4)c4ccccc4-c4ccccc43)c2)cc1. The Kier molecular flexibility index (Phi) is 20.3. The van der Waals surface area contributed by atoms with Gasteiger partial charge < -0.3 is 24.3 Å². The highest BCUT2D eigenvalue weighted by Crippen LogP contribution is 2.66.